The standard InChI is InChI=1S/C20H28F4N2O/c1-12(2)7-16-11-26(18(8-13(3)4)19(27)25-16)10-14-5-6-15(21)9-17(14)20(22,23)24/h5-6,9,12-13,16,18H,7-8,10-11H2,1-4H3,(H,25,27)/t16-,18?/m0/s1. The predicted octanol–water partition coefficient (Wildman–Crippen LogP) is 4.61. The van der Waals surface area contributed by atoms with Crippen LogP contribution in [0.1, 0.15) is 51.7 Å². The minimum atomic E-state index is -4.64. The summed E-state index contributed by atoms with van der Waals surface area (Å²) in [7, 11) is 0. The van der Waals surface area contributed by atoms with E-state index in [2.05, 4.69) is 5.32 Å². The number of nitrogens with zero attached hydrogens (tertiary/aromatic N) is 1. The number of hydrogen-bond acceptors (Lipinski definition) is 2. The number of halogens is 4. The highest BCUT2D eigenvalue weighted by Crippen LogP contribution is 2.34. The van der Waals surface area contributed by atoms with Crippen molar-refractivity contribution >= 4 is 5.91 Å². The fourth-order valence-electron chi connectivity index (χ4n) is 3.67. The lowest BCUT2D eigenvalue weighted by Crippen LogP contribution is -2.60. The SMILES string of the molecule is CC(C)CC1C(=O)N[C@@H](CC(C)C)CN1Cc1ccc(F)cc1C(F)(F)F. The lowest BCUT2D eigenvalue weighted by Gasteiger charge is -2.41. The van der Waals surface area contributed by atoms with E-state index in [1.54, 1.807) is 0 Å². The average Bonchev–Trinajstić information content (AvgIpc) is 2.50. The predicted molar refractivity (Wildman–Crippen MR) is 96.4 cm³/mol. The maximum Gasteiger partial charge on any atom is 0.416 e. The third-order valence-corrected chi connectivity index (χ3v) is 4.75. The van der Waals surface area contributed by atoms with Gasteiger partial charge in [-0.3, -0.25) is 9.69 Å². The van der Waals surface area contributed by atoms with Crippen molar-refractivity contribution in [2.75, 3.05) is 6.54 Å². The lowest BCUT2D eigenvalue weighted by molar-refractivity contribution is -0.139. The summed E-state index contributed by atoms with van der Waals surface area (Å²) in [5.41, 5.74) is -0.979. The van der Waals surface area contributed by atoms with E-state index in [9.17, 15) is 22.4 Å². The number of carbonyl (C=O) groups is 1. The first kappa shape index (κ1) is 21.7. The number of alkyl halides is 3. The summed E-state index contributed by atoms with van der Waals surface area (Å²) in [6.07, 6.45) is -3.32. The maximum absolute atomic E-state index is 13.4. The third kappa shape index (κ3) is 5.92. The second kappa shape index (κ2) is 8.59. The normalized spacial score (nSPS) is 21.8. The van der Waals surface area contributed by atoms with Crippen LogP contribution in [-0.2, 0) is 17.5 Å². The Bertz CT molecular complexity index is 658. The Morgan fingerprint density at radius 2 is 1.78 bits per heavy atom. The van der Waals surface area contributed by atoms with Crippen molar-refractivity contribution in [1.29, 1.82) is 0 Å². The van der Waals surface area contributed by atoms with Gasteiger partial charge in [-0.1, -0.05) is 33.8 Å². The maximum atomic E-state index is 13.4. The Labute approximate surface area is 158 Å². The van der Waals surface area contributed by atoms with Crippen LogP contribution >= 0.6 is 0 Å². The minimum Gasteiger partial charge on any atom is -0.351 e. The summed E-state index contributed by atoms with van der Waals surface area (Å²) < 4.78 is 53.4. The van der Waals surface area contributed by atoms with Crippen molar-refractivity contribution in [2.45, 2.75) is 65.3 Å². The average molecular weight is 388 g/mol. The van der Waals surface area contributed by atoms with E-state index in [0.29, 0.717) is 24.9 Å². The van der Waals surface area contributed by atoms with Gasteiger partial charge in [-0.05, 0) is 42.4 Å². The second-order valence-electron chi connectivity index (χ2n) is 8.21. The molecule has 1 fully saturated rings. The second-order valence-corrected chi connectivity index (χ2v) is 8.21. The van der Waals surface area contributed by atoms with Crippen LogP contribution in [0.5, 0.6) is 0 Å². The number of rotatable bonds is 6. The molecule has 2 atom stereocenters. The van der Waals surface area contributed by atoms with Crippen molar-refractivity contribution in [1.82, 2.24) is 10.2 Å². The van der Waals surface area contributed by atoms with Gasteiger partial charge in [0.15, 0.2) is 0 Å². The molecular weight excluding hydrogens is 360 g/mol. The van der Waals surface area contributed by atoms with Gasteiger partial charge in [0.1, 0.15) is 5.82 Å². The molecule has 0 spiro atoms. The molecule has 1 aliphatic rings. The first-order valence-electron chi connectivity index (χ1n) is 9.37. The molecule has 0 aliphatic carbocycles. The molecule has 0 aromatic heterocycles. The number of amides is 1. The molecular formula is C20H28F4N2O. The third-order valence-electron chi connectivity index (χ3n) is 4.75. The first-order chi connectivity index (χ1) is 12.5. The van der Waals surface area contributed by atoms with Gasteiger partial charge in [0.2, 0.25) is 5.91 Å². The zero-order valence-corrected chi connectivity index (χ0v) is 16.2. The van der Waals surface area contributed by atoms with Crippen molar-refractivity contribution in [3.05, 3.63) is 35.1 Å². The highest BCUT2D eigenvalue weighted by Gasteiger charge is 2.38. The summed E-state index contributed by atoms with van der Waals surface area (Å²) in [6.45, 7) is 8.48. The van der Waals surface area contributed by atoms with Gasteiger partial charge >= 0.3 is 6.18 Å². The van der Waals surface area contributed by atoms with E-state index >= 15 is 0 Å². The summed E-state index contributed by atoms with van der Waals surface area (Å²) in [5, 5.41) is 3.01. The number of hydrogen-bond donors (Lipinski definition) is 1. The summed E-state index contributed by atoms with van der Waals surface area (Å²) in [5.74, 6) is -0.481. The Morgan fingerprint density at radius 1 is 1.15 bits per heavy atom. The largest absolute Gasteiger partial charge is 0.416 e. The van der Waals surface area contributed by atoms with E-state index in [1.807, 2.05) is 32.6 Å². The van der Waals surface area contributed by atoms with Crippen LogP contribution in [0.4, 0.5) is 17.6 Å². The van der Waals surface area contributed by atoms with E-state index in [-0.39, 0.29) is 30.0 Å². The summed E-state index contributed by atoms with van der Waals surface area (Å²) in [4.78, 5) is 14.4. The molecule has 1 aromatic rings. The summed E-state index contributed by atoms with van der Waals surface area (Å²) >= 11 is 0. The van der Waals surface area contributed by atoms with Crippen LogP contribution < -0.4 is 5.32 Å². The fourth-order valence-corrected chi connectivity index (χ4v) is 3.67. The van der Waals surface area contributed by atoms with Gasteiger partial charge in [0, 0.05) is 19.1 Å². The molecule has 1 aliphatic heterocycles. The fraction of sp³-hybridized carbons (Fsp3) is 0.650. The smallest absolute Gasteiger partial charge is 0.351 e. The van der Waals surface area contributed by atoms with Gasteiger partial charge in [0.25, 0.3) is 0 Å². The molecule has 1 amide bonds. The molecule has 3 nitrogen and oxygen atoms in total. The molecule has 1 saturated heterocycles. The molecule has 7 heteroatoms. The van der Waals surface area contributed by atoms with Crippen LogP contribution in [-0.4, -0.2) is 29.4 Å². The van der Waals surface area contributed by atoms with Gasteiger partial charge in [-0.2, -0.15) is 13.2 Å². The number of carbonyl (C=O) groups excluding carboxylic acids is 1. The van der Waals surface area contributed by atoms with Crippen LogP contribution in [0.15, 0.2) is 18.2 Å². The Kier molecular flexibility index (Phi) is 6.89. The highest BCUT2D eigenvalue weighted by atomic mass is 19.4. The van der Waals surface area contributed by atoms with Gasteiger partial charge in [-0.25, -0.2) is 4.39 Å². The molecule has 1 aromatic carbocycles. The van der Waals surface area contributed by atoms with Crippen molar-refractivity contribution < 1.29 is 22.4 Å². The Hall–Kier alpha value is -1.63. The Balaban J connectivity index is 2.32. The van der Waals surface area contributed by atoms with Crippen molar-refractivity contribution in [3.8, 4) is 0 Å². The number of piperazine rings is 1. The molecule has 27 heavy (non-hydrogen) atoms. The molecule has 0 radical (unpaired) electrons. The van der Waals surface area contributed by atoms with E-state index < -0.39 is 23.6 Å². The zero-order chi connectivity index (χ0) is 20.4. The number of nitrogens with one attached hydrogen (secondary N) is 1. The van der Waals surface area contributed by atoms with Crippen LogP contribution in [0.2, 0.25) is 0 Å². The molecule has 152 valence electrons. The van der Waals surface area contributed by atoms with E-state index in [0.717, 1.165) is 12.5 Å². The molecule has 0 saturated carbocycles. The molecule has 0 bridgehead atoms. The Morgan fingerprint density at radius 3 is 2.33 bits per heavy atom. The van der Waals surface area contributed by atoms with Crippen LogP contribution in [0, 0.1) is 17.7 Å². The van der Waals surface area contributed by atoms with E-state index in [1.165, 1.54) is 6.07 Å². The number of benzene rings is 1. The topological polar surface area (TPSA) is 32.3 Å². The molecule has 1 N–H and O–H groups in total. The lowest BCUT2D eigenvalue weighted by atomic mass is 9.94. The zero-order valence-electron chi connectivity index (χ0n) is 16.2. The van der Waals surface area contributed by atoms with Crippen molar-refractivity contribution in [2.24, 2.45) is 11.8 Å². The first-order valence-corrected chi connectivity index (χ1v) is 9.37. The quantitative estimate of drug-likeness (QED) is 0.722. The molecule has 2 rings (SSSR count). The highest BCUT2D eigenvalue weighted by molar-refractivity contribution is 5.82. The van der Waals surface area contributed by atoms with Crippen LogP contribution in [0.3, 0.4) is 0 Å². The van der Waals surface area contributed by atoms with Crippen molar-refractivity contribution in [3.63, 3.8) is 0 Å². The van der Waals surface area contributed by atoms with Gasteiger partial charge in [-0.15, -0.1) is 0 Å². The van der Waals surface area contributed by atoms with Crippen LogP contribution in [0.25, 0.3) is 0 Å². The summed E-state index contributed by atoms with van der Waals surface area (Å²) in [6, 6.07) is 2.16. The molecule has 1 heterocycles. The van der Waals surface area contributed by atoms with Gasteiger partial charge in [0.05, 0.1) is 11.6 Å². The minimum absolute atomic E-state index is 0.00402. The van der Waals surface area contributed by atoms with Gasteiger partial charge < -0.3 is 5.32 Å². The monoisotopic (exact) mass is 388 g/mol. The molecule has 1 unspecified atom stereocenters. The van der Waals surface area contributed by atoms with E-state index in [4.69, 9.17) is 0 Å².